The van der Waals surface area contributed by atoms with E-state index in [0.29, 0.717) is 11.5 Å². The summed E-state index contributed by atoms with van der Waals surface area (Å²) in [7, 11) is 0. The number of nitrogens with one attached hydrogen (secondary N) is 2. The molecule has 0 atom stereocenters. The number of carbonyl (C=O) groups is 1. The zero-order valence-electron chi connectivity index (χ0n) is 14.5. The first-order valence-electron chi connectivity index (χ1n) is 8.48. The second kappa shape index (κ2) is 9.09. The molecule has 27 heavy (non-hydrogen) atoms. The highest BCUT2D eigenvalue weighted by molar-refractivity contribution is 6.31. The summed E-state index contributed by atoms with van der Waals surface area (Å²) in [6.07, 6.45) is 3.22. The number of hydrogen-bond acceptors (Lipinski definition) is 4. The van der Waals surface area contributed by atoms with Gasteiger partial charge < -0.3 is 10.6 Å². The van der Waals surface area contributed by atoms with E-state index in [-0.39, 0.29) is 10.7 Å². The molecule has 1 aromatic heterocycles. The van der Waals surface area contributed by atoms with Crippen LogP contribution in [0.3, 0.4) is 0 Å². The van der Waals surface area contributed by atoms with Crippen molar-refractivity contribution in [2.24, 2.45) is 0 Å². The van der Waals surface area contributed by atoms with Crippen molar-refractivity contribution in [1.82, 2.24) is 9.97 Å². The topological polar surface area (TPSA) is 66.9 Å². The van der Waals surface area contributed by atoms with Crippen molar-refractivity contribution in [3.63, 3.8) is 0 Å². The Morgan fingerprint density at radius 3 is 2.67 bits per heavy atom. The van der Waals surface area contributed by atoms with Crippen LogP contribution in [0.4, 0.5) is 15.9 Å². The van der Waals surface area contributed by atoms with E-state index in [1.807, 2.05) is 18.2 Å². The van der Waals surface area contributed by atoms with Crippen molar-refractivity contribution in [2.45, 2.75) is 12.8 Å². The highest BCUT2D eigenvalue weighted by Crippen LogP contribution is 2.20. The smallest absolute Gasteiger partial charge is 0.274 e. The SMILES string of the molecule is O=C(Nc1ccc(F)c(Cl)c1)c1cc(NCCCc2ccccc2)ncn1. The van der Waals surface area contributed by atoms with Crippen LogP contribution in [0.15, 0.2) is 60.9 Å². The van der Waals surface area contributed by atoms with E-state index in [1.54, 1.807) is 6.07 Å². The van der Waals surface area contributed by atoms with E-state index in [1.165, 1.54) is 30.1 Å². The molecule has 0 aliphatic carbocycles. The van der Waals surface area contributed by atoms with Gasteiger partial charge in [-0.15, -0.1) is 0 Å². The second-order valence-electron chi connectivity index (χ2n) is 5.89. The van der Waals surface area contributed by atoms with Crippen molar-refractivity contribution < 1.29 is 9.18 Å². The summed E-state index contributed by atoms with van der Waals surface area (Å²) < 4.78 is 13.2. The van der Waals surface area contributed by atoms with Gasteiger partial charge in [0, 0.05) is 18.3 Å². The fourth-order valence-electron chi connectivity index (χ4n) is 2.50. The van der Waals surface area contributed by atoms with Gasteiger partial charge in [0.15, 0.2) is 0 Å². The van der Waals surface area contributed by atoms with Crippen LogP contribution in [0, 0.1) is 5.82 Å². The molecule has 3 aromatic rings. The number of amides is 1. The maximum Gasteiger partial charge on any atom is 0.274 e. The van der Waals surface area contributed by atoms with Gasteiger partial charge in [-0.1, -0.05) is 41.9 Å². The van der Waals surface area contributed by atoms with Crippen LogP contribution in [0.1, 0.15) is 22.5 Å². The Labute approximate surface area is 161 Å². The minimum absolute atomic E-state index is 0.0590. The van der Waals surface area contributed by atoms with Crippen molar-refractivity contribution in [2.75, 3.05) is 17.2 Å². The maximum absolute atomic E-state index is 13.2. The molecule has 0 aliphatic heterocycles. The minimum Gasteiger partial charge on any atom is -0.370 e. The van der Waals surface area contributed by atoms with Crippen LogP contribution in [0.5, 0.6) is 0 Å². The van der Waals surface area contributed by atoms with Crippen LogP contribution in [0.25, 0.3) is 0 Å². The predicted molar refractivity (Wildman–Crippen MR) is 105 cm³/mol. The molecule has 1 heterocycles. The summed E-state index contributed by atoms with van der Waals surface area (Å²) in [4.78, 5) is 20.4. The summed E-state index contributed by atoms with van der Waals surface area (Å²) in [6, 6.07) is 15.8. The van der Waals surface area contributed by atoms with Gasteiger partial charge in [-0.3, -0.25) is 4.79 Å². The number of hydrogen-bond donors (Lipinski definition) is 2. The van der Waals surface area contributed by atoms with E-state index < -0.39 is 11.7 Å². The zero-order valence-corrected chi connectivity index (χ0v) is 15.2. The molecule has 0 fully saturated rings. The van der Waals surface area contributed by atoms with Crippen LogP contribution in [-0.2, 0) is 6.42 Å². The summed E-state index contributed by atoms with van der Waals surface area (Å²) in [5.74, 6) is -0.397. The van der Waals surface area contributed by atoms with Gasteiger partial charge in [0.1, 0.15) is 23.7 Å². The number of halogens is 2. The van der Waals surface area contributed by atoms with Gasteiger partial charge in [-0.2, -0.15) is 0 Å². The fraction of sp³-hybridized carbons (Fsp3) is 0.150. The van der Waals surface area contributed by atoms with Gasteiger partial charge in [0.2, 0.25) is 0 Å². The molecule has 0 saturated heterocycles. The third-order valence-electron chi connectivity index (χ3n) is 3.87. The van der Waals surface area contributed by atoms with Gasteiger partial charge in [-0.25, -0.2) is 14.4 Å². The molecule has 0 aliphatic rings. The Bertz CT molecular complexity index is 921. The monoisotopic (exact) mass is 384 g/mol. The second-order valence-corrected chi connectivity index (χ2v) is 6.29. The molecule has 138 valence electrons. The zero-order chi connectivity index (χ0) is 19.1. The first kappa shape index (κ1) is 18.8. The van der Waals surface area contributed by atoms with E-state index in [9.17, 15) is 9.18 Å². The molecular formula is C20H18ClFN4O. The summed E-state index contributed by atoms with van der Waals surface area (Å²) in [5, 5.41) is 5.76. The van der Waals surface area contributed by atoms with E-state index in [2.05, 4.69) is 32.7 Å². The first-order chi connectivity index (χ1) is 13.1. The van der Waals surface area contributed by atoms with Crippen LogP contribution in [-0.4, -0.2) is 22.4 Å². The lowest BCUT2D eigenvalue weighted by molar-refractivity contribution is 0.102. The summed E-state index contributed by atoms with van der Waals surface area (Å²) in [6.45, 7) is 0.723. The number of rotatable bonds is 7. The minimum atomic E-state index is -0.543. The molecule has 1 amide bonds. The number of carbonyl (C=O) groups excluding carboxylic acids is 1. The maximum atomic E-state index is 13.2. The Morgan fingerprint density at radius 2 is 1.89 bits per heavy atom. The number of aryl methyl sites for hydroxylation is 1. The molecule has 0 unspecified atom stereocenters. The lowest BCUT2D eigenvalue weighted by atomic mass is 10.1. The molecule has 7 heteroatoms. The molecule has 5 nitrogen and oxygen atoms in total. The highest BCUT2D eigenvalue weighted by Gasteiger charge is 2.10. The molecule has 0 radical (unpaired) electrons. The molecule has 2 aromatic carbocycles. The van der Waals surface area contributed by atoms with Crippen LogP contribution >= 0.6 is 11.6 Å². The molecule has 0 saturated carbocycles. The third-order valence-corrected chi connectivity index (χ3v) is 4.16. The number of benzene rings is 2. The molecule has 0 bridgehead atoms. The van der Waals surface area contributed by atoms with E-state index in [4.69, 9.17) is 11.6 Å². The van der Waals surface area contributed by atoms with Crippen molar-refractivity contribution in [1.29, 1.82) is 0 Å². The average molecular weight is 385 g/mol. The predicted octanol–water partition coefficient (Wildman–Crippen LogP) is 4.57. The lowest BCUT2D eigenvalue weighted by Gasteiger charge is -2.08. The molecule has 3 rings (SSSR count). The van der Waals surface area contributed by atoms with Crippen molar-refractivity contribution in [3.8, 4) is 0 Å². The van der Waals surface area contributed by atoms with E-state index in [0.717, 1.165) is 19.4 Å². The van der Waals surface area contributed by atoms with Gasteiger partial charge in [-0.05, 0) is 36.6 Å². The van der Waals surface area contributed by atoms with Gasteiger partial charge in [0.05, 0.1) is 5.02 Å². The molecular weight excluding hydrogens is 367 g/mol. The first-order valence-corrected chi connectivity index (χ1v) is 8.86. The van der Waals surface area contributed by atoms with Gasteiger partial charge in [0.25, 0.3) is 5.91 Å². The van der Waals surface area contributed by atoms with Gasteiger partial charge >= 0.3 is 0 Å². The Hall–Kier alpha value is -2.99. The van der Waals surface area contributed by atoms with Crippen molar-refractivity contribution >= 4 is 29.0 Å². The fourth-order valence-corrected chi connectivity index (χ4v) is 2.68. The third kappa shape index (κ3) is 5.49. The van der Waals surface area contributed by atoms with Crippen LogP contribution < -0.4 is 10.6 Å². The number of anilines is 2. The quantitative estimate of drug-likeness (QED) is 0.586. The van der Waals surface area contributed by atoms with Crippen LogP contribution in [0.2, 0.25) is 5.02 Å². The highest BCUT2D eigenvalue weighted by atomic mass is 35.5. The van der Waals surface area contributed by atoms with Crippen molar-refractivity contribution in [3.05, 3.63) is 83.0 Å². The Kier molecular flexibility index (Phi) is 6.33. The van der Waals surface area contributed by atoms with E-state index >= 15 is 0 Å². The molecule has 0 spiro atoms. The Morgan fingerprint density at radius 1 is 1.07 bits per heavy atom. The average Bonchev–Trinajstić information content (AvgIpc) is 2.69. The number of aromatic nitrogens is 2. The molecule has 2 N–H and O–H groups in total. The number of nitrogens with zero attached hydrogens (tertiary/aromatic N) is 2. The standard InChI is InChI=1S/C20H18ClFN4O/c21-16-11-15(8-9-17(16)22)26-20(27)18-12-19(25-13-24-18)23-10-4-7-14-5-2-1-3-6-14/h1-3,5-6,8-9,11-13H,4,7,10H2,(H,26,27)(H,23,24,25). The summed E-state index contributed by atoms with van der Waals surface area (Å²) in [5.41, 5.74) is 1.87. The lowest BCUT2D eigenvalue weighted by Crippen LogP contribution is -2.15. The normalized spacial score (nSPS) is 10.4. The summed E-state index contributed by atoms with van der Waals surface area (Å²) >= 11 is 5.72. The Balaban J connectivity index is 1.54. The largest absolute Gasteiger partial charge is 0.370 e.